The Balaban J connectivity index is 0. The van der Waals surface area contributed by atoms with E-state index in [4.69, 9.17) is 9.79 Å². The molecule has 0 heterocycles. The molecular formula is C2H6NaO3P. The van der Waals surface area contributed by atoms with Crippen molar-refractivity contribution in [1.82, 2.24) is 0 Å². The van der Waals surface area contributed by atoms with E-state index in [1.807, 2.05) is 0 Å². The van der Waals surface area contributed by atoms with Crippen molar-refractivity contribution in [2.24, 2.45) is 0 Å². The standard InChI is InChI=1S/C2H6O3P.Na/c1-2-6(3,4)5;/h1-2H2,(H2,3,4,5);/q-1;+1. The van der Waals surface area contributed by atoms with Crippen LogP contribution in [-0.2, 0) is 4.57 Å². The molecule has 0 aromatic heterocycles. The first-order valence-electron chi connectivity index (χ1n) is 1.40. The van der Waals surface area contributed by atoms with E-state index in [2.05, 4.69) is 6.92 Å². The second kappa shape index (κ2) is 4.07. The minimum absolute atomic E-state index is 0. The number of hydrogen-bond donors (Lipinski definition) is 2. The Morgan fingerprint density at radius 2 is 1.71 bits per heavy atom. The largest absolute Gasteiger partial charge is 1.00 e. The van der Waals surface area contributed by atoms with E-state index in [9.17, 15) is 4.57 Å². The zero-order valence-electron chi connectivity index (χ0n) is 4.16. The van der Waals surface area contributed by atoms with E-state index in [1.54, 1.807) is 0 Å². The van der Waals surface area contributed by atoms with Crippen LogP contribution in [0.2, 0.25) is 0 Å². The van der Waals surface area contributed by atoms with Crippen LogP contribution in [0.5, 0.6) is 0 Å². The fourth-order valence-corrected chi connectivity index (χ4v) is 0. The van der Waals surface area contributed by atoms with Crippen LogP contribution in [0, 0.1) is 6.92 Å². The minimum Gasteiger partial charge on any atom is -0.332 e. The fourth-order valence-electron chi connectivity index (χ4n) is 0. The molecule has 0 bridgehead atoms. The summed E-state index contributed by atoms with van der Waals surface area (Å²) in [6.07, 6.45) is -0.312. The van der Waals surface area contributed by atoms with E-state index in [0.717, 1.165) is 0 Å². The van der Waals surface area contributed by atoms with Gasteiger partial charge in [0.25, 0.3) is 7.60 Å². The SMILES string of the molecule is [CH2-]CP(=O)(O)O.[Na+]. The molecule has 2 N–H and O–H groups in total. The molecule has 0 amide bonds. The molecule has 0 spiro atoms. The van der Waals surface area contributed by atoms with E-state index >= 15 is 0 Å². The monoisotopic (exact) mass is 132 g/mol. The Kier molecular flexibility index (Phi) is 6.41. The smallest absolute Gasteiger partial charge is 0.332 e. The quantitative estimate of drug-likeness (QED) is 0.227. The summed E-state index contributed by atoms with van der Waals surface area (Å²) in [5.74, 6) is 0. The Labute approximate surface area is 64.6 Å². The van der Waals surface area contributed by atoms with Gasteiger partial charge in [0.1, 0.15) is 0 Å². The van der Waals surface area contributed by atoms with Crippen LogP contribution >= 0.6 is 7.60 Å². The van der Waals surface area contributed by atoms with Crippen molar-refractivity contribution in [3.63, 3.8) is 0 Å². The molecule has 7 heavy (non-hydrogen) atoms. The van der Waals surface area contributed by atoms with Gasteiger partial charge in [-0.1, -0.05) is 6.16 Å². The average molecular weight is 132 g/mol. The van der Waals surface area contributed by atoms with Crippen LogP contribution in [0.1, 0.15) is 0 Å². The van der Waals surface area contributed by atoms with E-state index in [0.29, 0.717) is 0 Å². The third-order valence-corrected chi connectivity index (χ3v) is 0.874. The van der Waals surface area contributed by atoms with Gasteiger partial charge < -0.3 is 16.7 Å². The third-order valence-electron chi connectivity index (χ3n) is 0.291. The first-order valence-corrected chi connectivity index (χ1v) is 3.20. The predicted octanol–water partition coefficient (Wildman–Crippen LogP) is -3.00. The first kappa shape index (κ1) is 11.0. The van der Waals surface area contributed by atoms with Gasteiger partial charge in [0, 0.05) is 0 Å². The molecule has 38 valence electrons. The predicted molar refractivity (Wildman–Crippen MR) is 22.3 cm³/mol. The molecule has 0 aromatic rings. The van der Waals surface area contributed by atoms with Gasteiger partial charge in [0.05, 0.1) is 0 Å². The van der Waals surface area contributed by atoms with Crippen LogP contribution < -0.4 is 29.6 Å². The maximum atomic E-state index is 9.63. The zero-order chi connectivity index (χ0) is 5.21. The Hall–Kier alpha value is 1.15. The molecule has 0 atom stereocenters. The van der Waals surface area contributed by atoms with Crippen molar-refractivity contribution >= 4 is 7.60 Å². The van der Waals surface area contributed by atoms with Crippen LogP contribution in [0.3, 0.4) is 0 Å². The number of rotatable bonds is 1. The molecule has 5 heteroatoms. The van der Waals surface area contributed by atoms with Crippen molar-refractivity contribution in [1.29, 1.82) is 0 Å². The van der Waals surface area contributed by atoms with E-state index in [-0.39, 0.29) is 35.7 Å². The molecule has 0 aromatic carbocycles. The van der Waals surface area contributed by atoms with Gasteiger partial charge in [0.15, 0.2) is 0 Å². The topological polar surface area (TPSA) is 57.5 Å². The van der Waals surface area contributed by atoms with Gasteiger partial charge in [-0.05, 0) is 0 Å². The summed E-state index contributed by atoms with van der Waals surface area (Å²) in [6, 6.07) is 0. The van der Waals surface area contributed by atoms with Gasteiger partial charge in [-0.3, -0.25) is 4.57 Å². The molecule has 0 aliphatic heterocycles. The minimum atomic E-state index is -3.76. The molecule has 0 saturated heterocycles. The molecule has 0 saturated carbocycles. The van der Waals surface area contributed by atoms with Crippen LogP contribution in [0.25, 0.3) is 0 Å². The van der Waals surface area contributed by atoms with Crippen molar-refractivity contribution in [2.75, 3.05) is 6.16 Å². The normalized spacial score (nSPS) is 10.1. The Bertz CT molecular complexity index is 77.0. The Morgan fingerprint density at radius 3 is 1.71 bits per heavy atom. The molecule has 0 unspecified atom stereocenters. The molecule has 0 rings (SSSR count). The maximum absolute atomic E-state index is 9.63. The van der Waals surface area contributed by atoms with Crippen LogP contribution in [0.15, 0.2) is 0 Å². The summed E-state index contributed by atoms with van der Waals surface area (Å²) < 4.78 is 9.63. The summed E-state index contributed by atoms with van der Waals surface area (Å²) in [4.78, 5) is 15.8. The molecule has 0 aliphatic rings. The van der Waals surface area contributed by atoms with E-state index in [1.165, 1.54) is 0 Å². The van der Waals surface area contributed by atoms with Crippen molar-refractivity contribution in [2.45, 2.75) is 0 Å². The van der Waals surface area contributed by atoms with Crippen molar-refractivity contribution in [3.05, 3.63) is 6.92 Å². The van der Waals surface area contributed by atoms with Crippen molar-refractivity contribution < 1.29 is 43.9 Å². The maximum Gasteiger partial charge on any atom is 1.00 e. The second-order valence-electron chi connectivity index (χ2n) is 0.888. The third kappa shape index (κ3) is 11.0. The van der Waals surface area contributed by atoms with E-state index < -0.39 is 7.60 Å². The molecule has 0 aliphatic carbocycles. The summed E-state index contributed by atoms with van der Waals surface area (Å²) in [5, 5.41) is 0. The van der Waals surface area contributed by atoms with Crippen molar-refractivity contribution in [3.8, 4) is 0 Å². The van der Waals surface area contributed by atoms with Crippen LogP contribution in [0.4, 0.5) is 0 Å². The van der Waals surface area contributed by atoms with Gasteiger partial charge in [-0.2, -0.15) is 0 Å². The first-order chi connectivity index (χ1) is 2.56. The Morgan fingerprint density at radius 1 is 1.57 bits per heavy atom. The number of hydrogen-bond acceptors (Lipinski definition) is 1. The fraction of sp³-hybridized carbons (Fsp3) is 0.500. The summed E-state index contributed by atoms with van der Waals surface area (Å²) in [6.45, 7) is 2.99. The zero-order valence-corrected chi connectivity index (χ0v) is 7.06. The molecule has 0 radical (unpaired) electrons. The second-order valence-corrected chi connectivity index (χ2v) is 2.66. The summed E-state index contributed by atoms with van der Waals surface area (Å²) in [5.41, 5.74) is 0. The van der Waals surface area contributed by atoms with Crippen LogP contribution in [-0.4, -0.2) is 15.9 Å². The van der Waals surface area contributed by atoms with Gasteiger partial charge in [-0.25, -0.2) is 0 Å². The molecule has 3 nitrogen and oxygen atoms in total. The van der Waals surface area contributed by atoms with Gasteiger partial charge in [-0.15, -0.1) is 0 Å². The molecular weight excluding hydrogens is 126 g/mol. The molecule has 0 fully saturated rings. The average Bonchev–Trinajstić information content (AvgIpc) is 1.35. The summed E-state index contributed by atoms with van der Waals surface area (Å²) in [7, 11) is -3.76. The van der Waals surface area contributed by atoms with Gasteiger partial charge >= 0.3 is 29.6 Å². The van der Waals surface area contributed by atoms with Gasteiger partial charge in [0.2, 0.25) is 0 Å². The summed E-state index contributed by atoms with van der Waals surface area (Å²) >= 11 is 0.